The molecular formula is C15H31Cl2NSiZr. The first-order valence-corrected chi connectivity index (χ1v) is 12.3. The molecule has 0 bridgehead atoms. The molecule has 0 saturated heterocycles. The minimum Gasteiger partial charge on any atom is -0.147 e. The molecule has 1 aliphatic rings. The maximum Gasteiger partial charge on any atom is -0.147 e. The van der Waals surface area contributed by atoms with E-state index in [1.807, 2.05) is 3.28 Å². The van der Waals surface area contributed by atoms with Gasteiger partial charge in [-0.15, -0.1) is 24.8 Å². The second kappa shape index (κ2) is 8.11. The van der Waals surface area contributed by atoms with Crippen LogP contribution in [-0.2, 0) is 23.5 Å². The Balaban J connectivity index is 0. The zero-order valence-corrected chi connectivity index (χ0v) is 19.6. The Morgan fingerprint density at radius 3 is 1.80 bits per heavy atom. The third-order valence-corrected chi connectivity index (χ3v) is 13.2. The Kier molecular flexibility index (Phi) is 9.48. The van der Waals surface area contributed by atoms with Crippen LogP contribution in [0.5, 0.6) is 0 Å². The van der Waals surface area contributed by atoms with Gasteiger partial charge in [-0.25, -0.2) is 0 Å². The quantitative estimate of drug-likeness (QED) is 0.634. The van der Waals surface area contributed by atoms with Crippen molar-refractivity contribution in [3.63, 3.8) is 0 Å². The van der Waals surface area contributed by atoms with Crippen LogP contribution in [0.2, 0.25) is 18.1 Å². The standard InChI is InChI=1S/C11H19Si.C4H10N.2ClH.Zr/c1-8-7-11(4,12(5)6)10(3)9(8)2;1-4(2,3)5;;;/h12H,1-6H3;5H,1-3H3;2*1H;/q;-1;;;+1. The second-order valence-corrected chi connectivity index (χ2v) is 13.0. The molecule has 1 rings (SSSR count). The summed E-state index contributed by atoms with van der Waals surface area (Å²) in [6.45, 7) is 21.4. The fourth-order valence-corrected chi connectivity index (χ4v) is 10.3. The van der Waals surface area contributed by atoms with E-state index in [9.17, 15) is 0 Å². The topological polar surface area (TPSA) is 12.0 Å². The summed E-state index contributed by atoms with van der Waals surface area (Å²) in [5.41, 5.74) is 5.11. The Hall–Kier alpha value is 1.12. The molecule has 0 fully saturated rings. The van der Waals surface area contributed by atoms with Crippen LogP contribution in [-0.4, -0.2) is 14.3 Å². The van der Waals surface area contributed by atoms with E-state index < -0.39 is 32.3 Å². The minimum absolute atomic E-state index is 0. The van der Waals surface area contributed by atoms with Crippen LogP contribution >= 0.6 is 24.8 Å². The number of rotatable bonds is 3. The predicted molar refractivity (Wildman–Crippen MR) is 95.7 cm³/mol. The summed E-state index contributed by atoms with van der Waals surface area (Å²) in [4.78, 5) is 0. The Morgan fingerprint density at radius 1 is 1.00 bits per heavy atom. The molecule has 0 radical (unpaired) electrons. The normalized spacial score (nSPS) is 22.9. The van der Waals surface area contributed by atoms with Crippen molar-refractivity contribution in [1.29, 1.82) is 0 Å². The summed E-state index contributed by atoms with van der Waals surface area (Å²) in [7, 11) is -0.729. The summed E-state index contributed by atoms with van der Waals surface area (Å²) in [6, 6.07) is 0. The van der Waals surface area contributed by atoms with E-state index in [0.717, 1.165) is 0 Å². The summed E-state index contributed by atoms with van der Waals surface area (Å²) >= 11 is -0.662. The molecule has 0 aromatic rings. The summed E-state index contributed by atoms with van der Waals surface area (Å²) in [6.07, 6.45) is 0. The fourth-order valence-electron chi connectivity index (χ4n) is 2.63. The van der Waals surface area contributed by atoms with Crippen molar-refractivity contribution in [3.05, 3.63) is 20.0 Å². The molecule has 0 amide bonds. The molecule has 0 saturated carbocycles. The molecule has 0 aliphatic heterocycles. The average Bonchev–Trinajstić information content (AvgIpc) is 2.39. The SMILES string of the molecule is CC1=C(C)C(C)([SiH](C)C)[C]([Zr][NH]C(C)(C)C)=C1C.Cl.Cl. The molecule has 118 valence electrons. The number of hydrogen-bond donors (Lipinski definition) is 1. The molecule has 1 nitrogen and oxygen atoms in total. The summed E-state index contributed by atoms with van der Waals surface area (Å²) in [5.74, 6) is 0. The van der Waals surface area contributed by atoms with Gasteiger partial charge in [-0.1, -0.05) is 0 Å². The van der Waals surface area contributed by atoms with Crippen LogP contribution in [0.3, 0.4) is 0 Å². The van der Waals surface area contributed by atoms with Gasteiger partial charge in [0.15, 0.2) is 0 Å². The van der Waals surface area contributed by atoms with E-state index in [1.54, 1.807) is 16.7 Å². The molecule has 1 atom stereocenters. The predicted octanol–water partition coefficient (Wildman–Crippen LogP) is 5.09. The van der Waals surface area contributed by atoms with Gasteiger partial charge in [0.25, 0.3) is 0 Å². The average molecular weight is 416 g/mol. The molecule has 0 heterocycles. The number of allylic oxidation sites excluding steroid dienone is 4. The van der Waals surface area contributed by atoms with Crippen molar-refractivity contribution in [2.75, 3.05) is 0 Å². The van der Waals surface area contributed by atoms with Crippen molar-refractivity contribution in [3.8, 4) is 0 Å². The first-order chi connectivity index (χ1) is 8.01. The maximum atomic E-state index is 3.85. The summed E-state index contributed by atoms with van der Waals surface area (Å²) in [5, 5.41) is 0.443. The molecule has 1 unspecified atom stereocenters. The van der Waals surface area contributed by atoms with Gasteiger partial charge in [0.1, 0.15) is 0 Å². The minimum atomic E-state index is -0.729. The third-order valence-electron chi connectivity index (χ3n) is 4.52. The summed E-state index contributed by atoms with van der Waals surface area (Å²) < 4.78 is 5.67. The monoisotopic (exact) mass is 413 g/mol. The molecule has 0 aromatic heterocycles. The van der Waals surface area contributed by atoms with Crippen LogP contribution in [0.15, 0.2) is 20.0 Å². The van der Waals surface area contributed by atoms with Crippen LogP contribution in [0.4, 0.5) is 0 Å². The van der Waals surface area contributed by atoms with E-state index in [0.29, 0.717) is 5.04 Å². The van der Waals surface area contributed by atoms with Gasteiger partial charge >= 0.3 is 128 Å². The first-order valence-electron chi connectivity index (χ1n) is 6.94. The third kappa shape index (κ3) is 4.56. The molecule has 0 aromatic carbocycles. The van der Waals surface area contributed by atoms with E-state index in [1.165, 1.54) is 0 Å². The van der Waals surface area contributed by atoms with Crippen LogP contribution in [0.1, 0.15) is 48.5 Å². The van der Waals surface area contributed by atoms with E-state index in [4.69, 9.17) is 0 Å². The number of nitrogens with one attached hydrogen (secondary N) is 1. The molecule has 0 spiro atoms. The van der Waals surface area contributed by atoms with Crippen molar-refractivity contribution in [2.45, 2.75) is 72.1 Å². The van der Waals surface area contributed by atoms with Crippen molar-refractivity contribution in [2.24, 2.45) is 0 Å². The zero-order chi connectivity index (χ0) is 14.3. The van der Waals surface area contributed by atoms with Crippen molar-refractivity contribution < 1.29 is 23.5 Å². The van der Waals surface area contributed by atoms with Gasteiger partial charge in [-0.3, -0.25) is 0 Å². The Labute approximate surface area is 151 Å². The molecule has 1 N–H and O–H groups in total. The van der Waals surface area contributed by atoms with Crippen LogP contribution in [0, 0.1) is 0 Å². The van der Waals surface area contributed by atoms with E-state index in [2.05, 4.69) is 64.8 Å². The largest absolute Gasteiger partial charge is 0.147 e. The van der Waals surface area contributed by atoms with Gasteiger partial charge in [-0.2, -0.15) is 0 Å². The zero-order valence-electron chi connectivity index (χ0n) is 14.4. The van der Waals surface area contributed by atoms with Gasteiger partial charge < -0.3 is 0 Å². The second-order valence-electron chi connectivity index (χ2n) is 7.11. The number of hydrogen-bond acceptors (Lipinski definition) is 1. The fraction of sp³-hybridized carbons (Fsp3) is 0.733. The van der Waals surface area contributed by atoms with Crippen molar-refractivity contribution >= 4 is 33.6 Å². The van der Waals surface area contributed by atoms with Crippen LogP contribution in [0.25, 0.3) is 0 Å². The Bertz CT molecular complexity index is 411. The first kappa shape index (κ1) is 23.4. The molecule has 20 heavy (non-hydrogen) atoms. The molecule has 5 heteroatoms. The van der Waals surface area contributed by atoms with Gasteiger partial charge in [0.05, 0.1) is 0 Å². The Morgan fingerprint density at radius 2 is 1.45 bits per heavy atom. The maximum absolute atomic E-state index is 3.85. The van der Waals surface area contributed by atoms with Gasteiger partial charge in [0.2, 0.25) is 0 Å². The van der Waals surface area contributed by atoms with Gasteiger partial charge in [0, 0.05) is 0 Å². The van der Waals surface area contributed by atoms with Gasteiger partial charge in [-0.05, 0) is 0 Å². The molecular weight excluding hydrogens is 384 g/mol. The van der Waals surface area contributed by atoms with Crippen LogP contribution < -0.4 is 3.26 Å². The van der Waals surface area contributed by atoms with E-state index in [-0.39, 0.29) is 30.4 Å². The van der Waals surface area contributed by atoms with Crippen molar-refractivity contribution in [1.82, 2.24) is 3.26 Å². The van der Waals surface area contributed by atoms with E-state index >= 15 is 0 Å². The smallest absolute Gasteiger partial charge is 0.147 e. The number of halogens is 2. The molecule has 1 aliphatic carbocycles.